The molecule has 108 valence electrons. The SMILES string of the molecule is CC(C)(C)[S@@+]([O-])NC(c1ccc(Br)nc1)C(F)(F)F. The third-order valence-electron chi connectivity index (χ3n) is 2.19. The van der Waals surface area contributed by atoms with Gasteiger partial charge in [0.05, 0.1) is 0 Å². The highest BCUT2D eigenvalue weighted by Crippen LogP contribution is 2.34. The molecule has 0 aliphatic rings. The Morgan fingerprint density at radius 3 is 2.26 bits per heavy atom. The normalized spacial score (nSPS) is 16.2. The highest BCUT2D eigenvalue weighted by Gasteiger charge is 2.45. The van der Waals surface area contributed by atoms with Gasteiger partial charge in [0, 0.05) is 23.1 Å². The fourth-order valence-electron chi connectivity index (χ4n) is 1.17. The van der Waals surface area contributed by atoms with Gasteiger partial charge in [-0.15, -0.1) is 4.72 Å². The first kappa shape index (κ1) is 16.7. The Bertz CT molecular complexity index is 419. The zero-order valence-electron chi connectivity index (χ0n) is 10.6. The molecule has 19 heavy (non-hydrogen) atoms. The van der Waals surface area contributed by atoms with Crippen LogP contribution in [0.25, 0.3) is 0 Å². The molecule has 1 heterocycles. The number of hydrogen-bond donors (Lipinski definition) is 1. The molecule has 0 aliphatic carbocycles. The van der Waals surface area contributed by atoms with Gasteiger partial charge in [0.25, 0.3) is 0 Å². The molecule has 0 aliphatic heterocycles. The molecule has 0 radical (unpaired) electrons. The third-order valence-corrected chi connectivity index (χ3v) is 4.22. The van der Waals surface area contributed by atoms with Gasteiger partial charge in [-0.2, -0.15) is 13.2 Å². The molecule has 0 saturated heterocycles. The Hall–Kier alpha value is -0.310. The van der Waals surface area contributed by atoms with Crippen molar-refractivity contribution in [3.63, 3.8) is 0 Å². The van der Waals surface area contributed by atoms with E-state index in [1.54, 1.807) is 20.8 Å². The van der Waals surface area contributed by atoms with Crippen molar-refractivity contribution in [2.24, 2.45) is 0 Å². The minimum absolute atomic E-state index is 0.0756. The summed E-state index contributed by atoms with van der Waals surface area (Å²) in [5, 5.41) is 0. The van der Waals surface area contributed by atoms with Gasteiger partial charge in [-0.25, -0.2) is 4.98 Å². The minimum atomic E-state index is -4.55. The van der Waals surface area contributed by atoms with Gasteiger partial charge < -0.3 is 4.55 Å². The van der Waals surface area contributed by atoms with Gasteiger partial charge in [0.2, 0.25) is 0 Å². The summed E-state index contributed by atoms with van der Waals surface area (Å²) in [6.07, 6.45) is -3.44. The summed E-state index contributed by atoms with van der Waals surface area (Å²) < 4.78 is 52.7. The van der Waals surface area contributed by atoms with E-state index >= 15 is 0 Å². The summed E-state index contributed by atoms with van der Waals surface area (Å²) >= 11 is 1.23. The molecule has 0 fully saturated rings. The van der Waals surface area contributed by atoms with Crippen LogP contribution < -0.4 is 4.72 Å². The molecule has 0 amide bonds. The Kier molecular flexibility index (Phi) is 5.28. The highest BCUT2D eigenvalue weighted by molar-refractivity contribution is 9.10. The molecule has 0 aromatic carbocycles. The molecule has 1 aromatic heterocycles. The van der Waals surface area contributed by atoms with Crippen LogP contribution in [0.1, 0.15) is 32.4 Å². The second-order valence-corrected chi connectivity index (χ2v) is 7.70. The molecular formula is C11H14BrF3N2OS. The average Bonchev–Trinajstić information content (AvgIpc) is 2.24. The minimum Gasteiger partial charge on any atom is -0.598 e. The largest absolute Gasteiger partial charge is 0.598 e. The number of pyridine rings is 1. The predicted molar refractivity (Wildman–Crippen MR) is 71.8 cm³/mol. The van der Waals surface area contributed by atoms with Crippen molar-refractivity contribution in [1.29, 1.82) is 0 Å². The van der Waals surface area contributed by atoms with E-state index in [2.05, 4.69) is 25.6 Å². The van der Waals surface area contributed by atoms with Gasteiger partial charge in [0.15, 0.2) is 6.04 Å². The first-order valence-corrected chi connectivity index (χ1v) is 7.32. The lowest BCUT2D eigenvalue weighted by Crippen LogP contribution is -2.45. The standard InChI is InChI=1S/C11H14BrF3N2OS/c1-10(2,3)19(18)17-9(11(13,14)15)7-4-5-8(12)16-6-7/h4-6,9,17H,1-3H3/t9?,19-/m1/s1. The molecule has 1 rings (SSSR count). The Labute approximate surface area is 121 Å². The molecule has 1 N–H and O–H groups in total. The number of rotatable bonds is 3. The monoisotopic (exact) mass is 358 g/mol. The van der Waals surface area contributed by atoms with E-state index in [1.807, 2.05) is 0 Å². The summed E-state index contributed by atoms with van der Waals surface area (Å²) in [5.41, 5.74) is -0.0756. The second-order valence-electron chi connectivity index (χ2n) is 4.89. The first-order chi connectivity index (χ1) is 8.51. The summed E-state index contributed by atoms with van der Waals surface area (Å²) in [7, 11) is 0. The van der Waals surface area contributed by atoms with Gasteiger partial charge in [-0.05, 0) is 42.8 Å². The molecular weight excluding hydrogens is 345 g/mol. The molecule has 1 aromatic rings. The Morgan fingerprint density at radius 2 is 1.89 bits per heavy atom. The van der Waals surface area contributed by atoms with Crippen molar-refractivity contribution in [2.75, 3.05) is 0 Å². The van der Waals surface area contributed by atoms with Crippen LogP contribution in [0.5, 0.6) is 0 Å². The highest BCUT2D eigenvalue weighted by atomic mass is 79.9. The van der Waals surface area contributed by atoms with E-state index in [0.29, 0.717) is 4.60 Å². The van der Waals surface area contributed by atoms with Crippen molar-refractivity contribution in [3.8, 4) is 0 Å². The fourth-order valence-corrected chi connectivity index (χ4v) is 2.24. The van der Waals surface area contributed by atoms with Gasteiger partial charge in [-0.3, -0.25) is 0 Å². The van der Waals surface area contributed by atoms with Crippen molar-refractivity contribution in [2.45, 2.75) is 37.7 Å². The van der Waals surface area contributed by atoms with Gasteiger partial charge >= 0.3 is 6.18 Å². The third kappa shape index (κ3) is 4.94. The Morgan fingerprint density at radius 1 is 1.32 bits per heavy atom. The number of nitrogens with zero attached hydrogens (tertiary/aromatic N) is 1. The number of hydrogen-bond acceptors (Lipinski definition) is 3. The predicted octanol–water partition coefficient (Wildman–Crippen LogP) is 3.50. The molecule has 1 unspecified atom stereocenters. The van der Waals surface area contributed by atoms with Crippen LogP contribution in [0.3, 0.4) is 0 Å². The van der Waals surface area contributed by atoms with Crippen LogP contribution in [-0.2, 0) is 11.4 Å². The molecule has 0 saturated carbocycles. The number of halogens is 4. The van der Waals surface area contributed by atoms with Gasteiger partial charge in [-0.1, -0.05) is 6.07 Å². The van der Waals surface area contributed by atoms with Crippen LogP contribution in [0.15, 0.2) is 22.9 Å². The van der Waals surface area contributed by atoms with E-state index in [0.717, 1.165) is 6.20 Å². The van der Waals surface area contributed by atoms with Gasteiger partial charge in [0.1, 0.15) is 9.35 Å². The maximum atomic E-state index is 13.0. The quantitative estimate of drug-likeness (QED) is 0.664. The first-order valence-electron chi connectivity index (χ1n) is 5.38. The van der Waals surface area contributed by atoms with Crippen molar-refractivity contribution >= 4 is 27.3 Å². The summed E-state index contributed by atoms with van der Waals surface area (Å²) in [6.45, 7) is 4.80. The van der Waals surface area contributed by atoms with E-state index < -0.39 is 28.3 Å². The topological polar surface area (TPSA) is 48.0 Å². The van der Waals surface area contributed by atoms with E-state index in [1.165, 1.54) is 12.1 Å². The summed E-state index contributed by atoms with van der Waals surface area (Å²) in [4.78, 5) is 3.76. The molecule has 3 nitrogen and oxygen atoms in total. The Balaban J connectivity index is 3.00. The lowest BCUT2D eigenvalue weighted by atomic mass is 10.1. The molecule has 8 heteroatoms. The maximum absolute atomic E-state index is 13.0. The van der Waals surface area contributed by atoms with E-state index in [-0.39, 0.29) is 5.56 Å². The maximum Gasteiger partial charge on any atom is 0.412 e. The zero-order valence-corrected chi connectivity index (χ0v) is 13.0. The number of nitrogens with one attached hydrogen (secondary N) is 1. The second kappa shape index (κ2) is 5.99. The zero-order chi connectivity index (χ0) is 14.8. The lowest BCUT2D eigenvalue weighted by molar-refractivity contribution is -0.153. The average molecular weight is 359 g/mol. The smallest absolute Gasteiger partial charge is 0.412 e. The number of aromatic nitrogens is 1. The number of alkyl halides is 3. The van der Waals surface area contributed by atoms with Crippen molar-refractivity contribution in [1.82, 2.24) is 9.71 Å². The van der Waals surface area contributed by atoms with E-state index in [4.69, 9.17) is 0 Å². The van der Waals surface area contributed by atoms with Crippen LogP contribution in [0.2, 0.25) is 0 Å². The fraction of sp³-hybridized carbons (Fsp3) is 0.545. The summed E-state index contributed by atoms with van der Waals surface area (Å²) in [5.74, 6) is 0. The van der Waals surface area contributed by atoms with Crippen molar-refractivity contribution in [3.05, 3.63) is 28.5 Å². The van der Waals surface area contributed by atoms with Crippen LogP contribution in [0.4, 0.5) is 13.2 Å². The van der Waals surface area contributed by atoms with Crippen molar-refractivity contribution < 1.29 is 17.7 Å². The lowest BCUT2D eigenvalue weighted by Gasteiger charge is -2.29. The van der Waals surface area contributed by atoms with E-state index in [9.17, 15) is 17.7 Å². The summed E-state index contributed by atoms with van der Waals surface area (Å²) in [6, 6.07) is 0.700. The molecule has 0 spiro atoms. The van der Waals surface area contributed by atoms with Crippen LogP contribution >= 0.6 is 15.9 Å². The molecule has 0 bridgehead atoms. The van der Waals surface area contributed by atoms with Crippen LogP contribution in [-0.4, -0.2) is 20.5 Å². The van der Waals surface area contributed by atoms with Crippen LogP contribution in [0, 0.1) is 0 Å². The molecule has 2 atom stereocenters.